The quantitative estimate of drug-likeness (QED) is 0.690. The Morgan fingerprint density at radius 1 is 1.50 bits per heavy atom. The summed E-state index contributed by atoms with van der Waals surface area (Å²) < 4.78 is 0.776. The van der Waals surface area contributed by atoms with Crippen molar-refractivity contribution in [3.8, 4) is 0 Å². The third kappa shape index (κ3) is 3.39. The van der Waals surface area contributed by atoms with Gasteiger partial charge in [-0.05, 0) is 34.1 Å². The van der Waals surface area contributed by atoms with Gasteiger partial charge >= 0.3 is 0 Å². The molecule has 1 N–H and O–H groups in total. The number of nitrogens with one attached hydrogen (secondary N) is 1. The Balaban J connectivity index is 2.29. The topological polar surface area (TPSA) is 71.5 Å². The first kappa shape index (κ1) is 13.2. The molecular weight excluding hydrogens is 316 g/mol. The summed E-state index contributed by atoms with van der Waals surface area (Å²) in [6, 6.07) is 1.53. The molecule has 0 saturated carbocycles. The number of nitrogens with zero attached hydrogens (tertiary/aromatic N) is 3. The Morgan fingerprint density at radius 2 is 2.33 bits per heavy atom. The molecule has 0 aromatic carbocycles. The van der Waals surface area contributed by atoms with Crippen LogP contribution in [0, 0.1) is 0 Å². The minimum atomic E-state index is -0.138. The molecule has 18 heavy (non-hydrogen) atoms. The van der Waals surface area contributed by atoms with E-state index in [0.717, 1.165) is 28.0 Å². The number of hydrogen-bond acceptors (Lipinski definition) is 5. The summed E-state index contributed by atoms with van der Waals surface area (Å²) in [5, 5.41) is 1.27. The summed E-state index contributed by atoms with van der Waals surface area (Å²) in [6.45, 7) is 2.05. The van der Waals surface area contributed by atoms with Crippen molar-refractivity contribution in [3.05, 3.63) is 39.1 Å². The summed E-state index contributed by atoms with van der Waals surface area (Å²) in [5.74, 6) is 0. The van der Waals surface area contributed by atoms with Crippen LogP contribution in [0.3, 0.4) is 0 Å². The fourth-order valence-electron chi connectivity index (χ4n) is 1.38. The Hall–Kier alpha value is -1.21. The second-order valence-electron chi connectivity index (χ2n) is 3.57. The van der Waals surface area contributed by atoms with E-state index in [1.807, 2.05) is 0 Å². The van der Waals surface area contributed by atoms with Gasteiger partial charge in [-0.25, -0.2) is 15.0 Å². The number of aromatic amines is 1. The van der Waals surface area contributed by atoms with Gasteiger partial charge in [-0.3, -0.25) is 4.79 Å². The van der Waals surface area contributed by atoms with Crippen LogP contribution in [0.2, 0.25) is 0 Å². The first-order valence-corrected chi connectivity index (χ1v) is 7.03. The van der Waals surface area contributed by atoms with Crippen LogP contribution in [0.4, 0.5) is 0 Å². The molecule has 0 aliphatic heterocycles. The standard InChI is InChI=1S/C11H11BrN4OS/c1-2-3-7-4-9(17)16-11(15-7)18-10-8(12)5-13-6-14-10/h4-6H,2-3H2,1H3,(H,15,16,17). The van der Waals surface area contributed by atoms with Crippen molar-refractivity contribution in [1.82, 2.24) is 19.9 Å². The zero-order valence-corrected chi connectivity index (χ0v) is 12.1. The van der Waals surface area contributed by atoms with Crippen molar-refractivity contribution in [1.29, 1.82) is 0 Å². The molecule has 5 nitrogen and oxygen atoms in total. The van der Waals surface area contributed by atoms with Crippen molar-refractivity contribution in [3.63, 3.8) is 0 Å². The monoisotopic (exact) mass is 326 g/mol. The highest BCUT2D eigenvalue weighted by molar-refractivity contribution is 9.10. The molecule has 2 rings (SSSR count). The number of hydrogen-bond donors (Lipinski definition) is 1. The van der Waals surface area contributed by atoms with Crippen molar-refractivity contribution in [2.45, 2.75) is 29.9 Å². The van der Waals surface area contributed by atoms with Crippen LogP contribution in [0.25, 0.3) is 0 Å². The molecule has 2 aromatic heterocycles. The van der Waals surface area contributed by atoms with Crippen LogP contribution in [-0.4, -0.2) is 19.9 Å². The highest BCUT2D eigenvalue weighted by atomic mass is 79.9. The van der Waals surface area contributed by atoms with Crippen LogP contribution in [0.1, 0.15) is 19.0 Å². The molecule has 0 atom stereocenters. The fourth-order valence-corrected chi connectivity index (χ4v) is 2.60. The average molecular weight is 327 g/mol. The molecule has 7 heteroatoms. The first-order valence-electron chi connectivity index (χ1n) is 5.42. The van der Waals surface area contributed by atoms with E-state index in [0.29, 0.717) is 5.16 Å². The Kier molecular flexibility index (Phi) is 4.48. The molecule has 0 aliphatic rings. The molecule has 2 heterocycles. The smallest absolute Gasteiger partial charge is 0.251 e. The number of rotatable bonds is 4. The predicted octanol–water partition coefficient (Wildman–Crippen LogP) is 2.43. The van der Waals surface area contributed by atoms with E-state index < -0.39 is 0 Å². The van der Waals surface area contributed by atoms with E-state index >= 15 is 0 Å². The number of H-pyrrole nitrogens is 1. The minimum absolute atomic E-state index is 0.138. The molecule has 0 fully saturated rings. The Labute approximate surface area is 117 Å². The van der Waals surface area contributed by atoms with E-state index in [-0.39, 0.29) is 5.56 Å². The lowest BCUT2D eigenvalue weighted by Gasteiger charge is -2.03. The zero-order valence-electron chi connectivity index (χ0n) is 9.68. The third-order valence-corrected chi connectivity index (χ3v) is 3.85. The van der Waals surface area contributed by atoms with Gasteiger partial charge in [0.25, 0.3) is 5.56 Å². The van der Waals surface area contributed by atoms with Crippen molar-refractivity contribution in [2.75, 3.05) is 0 Å². The van der Waals surface area contributed by atoms with E-state index in [1.54, 1.807) is 6.20 Å². The molecule has 94 valence electrons. The van der Waals surface area contributed by atoms with Crippen LogP contribution in [0.5, 0.6) is 0 Å². The molecule has 0 aliphatic carbocycles. The highest BCUT2D eigenvalue weighted by Gasteiger charge is 2.07. The Bertz CT molecular complexity index is 602. The van der Waals surface area contributed by atoms with Crippen LogP contribution < -0.4 is 5.56 Å². The number of aryl methyl sites for hydroxylation is 1. The Morgan fingerprint density at radius 3 is 3.06 bits per heavy atom. The predicted molar refractivity (Wildman–Crippen MR) is 72.7 cm³/mol. The van der Waals surface area contributed by atoms with Gasteiger partial charge in [-0.1, -0.05) is 13.3 Å². The minimum Gasteiger partial charge on any atom is -0.301 e. The molecule has 0 spiro atoms. The summed E-state index contributed by atoms with van der Waals surface area (Å²) in [4.78, 5) is 26.6. The third-order valence-electron chi connectivity index (χ3n) is 2.11. The second kappa shape index (κ2) is 6.10. The summed E-state index contributed by atoms with van der Waals surface area (Å²) in [6.07, 6.45) is 4.87. The zero-order chi connectivity index (χ0) is 13.0. The van der Waals surface area contributed by atoms with Gasteiger partial charge in [0.1, 0.15) is 11.4 Å². The maximum absolute atomic E-state index is 11.5. The molecular formula is C11H11BrN4OS. The van der Waals surface area contributed by atoms with Gasteiger partial charge in [0.2, 0.25) is 0 Å². The van der Waals surface area contributed by atoms with Crippen LogP contribution in [-0.2, 0) is 6.42 Å². The molecule has 2 aromatic rings. The van der Waals surface area contributed by atoms with E-state index in [4.69, 9.17) is 0 Å². The van der Waals surface area contributed by atoms with Gasteiger partial charge in [0, 0.05) is 18.0 Å². The van der Waals surface area contributed by atoms with Crippen LogP contribution in [0.15, 0.2) is 38.0 Å². The summed E-state index contributed by atoms with van der Waals surface area (Å²) in [7, 11) is 0. The first-order chi connectivity index (χ1) is 8.69. The lowest BCUT2D eigenvalue weighted by atomic mass is 10.2. The lowest BCUT2D eigenvalue weighted by molar-refractivity contribution is 0.814. The number of halogens is 1. The summed E-state index contributed by atoms with van der Waals surface area (Å²) >= 11 is 4.66. The lowest BCUT2D eigenvalue weighted by Crippen LogP contribution is -2.10. The van der Waals surface area contributed by atoms with Crippen molar-refractivity contribution >= 4 is 27.7 Å². The molecule has 0 radical (unpaired) electrons. The molecule has 0 amide bonds. The van der Waals surface area contributed by atoms with Gasteiger partial charge in [-0.2, -0.15) is 0 Å². The molecule has 0 bridgehead atoms. The normalized spacial score (nSPS) is 10.6. The fraction of sp³-hybridized carbons (Fsp3) is 0.273. The molecule has 0 unspecified atom stereocenters. The van der Waals surface area contributed by atoms with E-state index in [9.17, 15) is 4.79 Å². The summed E-state index contributed by atoms with van der Waals surface area (Å²) in [5.41, 5.74) is 0.662. The van der Waals surface area contributed by atoms with Gasteiger partial charge in [0.05, 0.1) is 4.47 Å². The highest BCUT2D eigenvalue weighted by Crippen LogP contribution is 2.28. The average Bonchev–Trinajstić information content (AvgIpc) is 2.32. The van der Waals surface area contributed by atoms with Gasteiger partial charge in [0.15, 0.2) is 5.16 Å². The van der Waals surface area contributed by atoms with Crippen molar-refractivity contribution in [2.24, 2.45) is 0 Å². The SMILES string of the molecule is CCCc1cc(=O)[nH]c(Sc2ncncc2Br)n1. The van der Waals surface area contributed by atoms with Crippen molar-refractivity contribution < 1.29 is 0 Å². The van der Waals surface area contributed by atoms with Gasteiger partial charge in [-0.15, -0.1) is 0 Å². The molecule has 0 saturated heterocycles. The van der Waals surface area contributed by atoms with E-state index in [2.05, 4.69) is 42.8 Å². The van der Waals surface area contributed by atoms with Gasteiger partial charge < -0.3 is 4.98 Å². The second-order valence-corrected chi connectivity index (χ2v) is 5.40. The van der Waals surface area contributed by atoms with E-state index in [1.165, 1.54) is 24.2 Å². The maximum Gasteiger partial charge on any atom is 0.251 e. The largest absolute Gasteiger partial charge is 0.301 e. The number of aromatic nitrogens is 4. The maximum atomic E-state index is 11.5. The van der Waals surface area contributed by atoms with Crippen LogP contribution >= 0.6 is 27.7 Å².